The van der Waals surface area contributed by atoms with Crippen LogP contribution >= 0.6 is 11.6 Å². The molecule has 1 aromatic heterocycles. The van der Waals surface area contributed by atoms with Gasteiger partial charge in [-0.15, -0.1) is 0 Å². The first kappa shape index (κ1) is 24.6. The van der Waals surface area contributed by atoms with Crippen molar-refractivity contribution >= 4 is 39.9 Å². The molecule has 1 aliphatic heterocycles. The van der Waals surface area contributed by atoms with Crippen LogP contribution in [0.5, 0.6) is 17.2 Å². The lowest BCUT2D eigenvalue weighted by atomic mass is 9.70. The van der Waals surface area contributed by atoms with E-state index in [1.807, 2.05) is 35.0 Å². The third-order valence-corrected chi connectivity index (χ3v) is 7.47. The number of ether oxygens (including phenoxy) is 1. The summed E-state index contributed by atoms with van der Waals surface area (Å²) in [6, 6.07) is 7.63. The van der Waals surface area contributed by atoms with Gasteiger partial charge in [-0.3, -0.25) is 14.4 Å². The number of hydrogen-bond donors (Lipinski definition) is 3. The number of carbonyl (C=O) groups excluding carboxylic acids is 3. The highest BCUT2D eigenvalue weighted by Gasteiger charge is 2.56. The predicted molar refractivity (Wildman–Crippen MR) is 138 cm³/mol. The molecule has 8 nitrogen and oxygen atoms in total. The van der Waals surface area contributed by atoms with Gasteiger partial charge in [0.1, 0.15) is 34.0 Å². The average Bonchev–Trinajstić information content (AvgIpc) is 3.36. The van der Waals surface area contributed by atoms with Gasteiger partial charge in [0.05, 0.1) is 11.1 Å². The van der Waals surface area contributed by atoms with Crippen LogP contribution in [0, 0.1) is 6.92 Å². The minimum Gasteiger partial charge on any atom is -0.507 e. The number of halogens is 1. The lowest BCUT2D eigenvalue weighted by molar-refractivity contribution is -0.123. The molecule has 2 aromatic carbocycles. The molecule has 0 radical (unpaired) electrons. The van der Waals surface area contributed by atoms with E-state index in [0.29, 0.717) is 23.8 Å². The molecule has 37 heavy (non-hydrogen) atoms. The molecule has 190 valence electrons. The second-order valence-electron chi connectivity index (χ2n) is 9.53. The number of rotatable bonds is 5. The molecule has 0 spiro atoms. The summed E-state index contributed by atoms with van der Waals surface area (Å²) >= 11 is 6.14. The number of nitrogens with zero attached hydrogens (tertiary/aromatic N) is 1. The summed E-state index contributed by atoms with van der Waals surface area (Å²) in [6.45, 7) is 6.88. The van der Waals surface area contributed by atoms with Crippen LogP contribution in [-0.4, -0.2) is 38.7 Å². The van der Waals surface area contributed by atoms with E-state index in [0.717, 1.165) is 10.9 Å². The van der Waals surface area contributed by atoms with Gasteiger partial charge >= 0.3 is 0 Å². The summed E-state index contributed by atoms with van der Waals surface area (Å²) in [5.74, 6) is -2.47. The van der Waals surface area contributed by atoms with E-state index in [-0.39, 0.29) is 39.5 Å². The highest BCUT2D eigenvalue weighted by atomic mass is 35.5. The molecule has 2 aliphatic rings. The zero-order chi connectivity index (χ0) is 26.8. The van der Waals surface area contributed by atoms with E-state index in [1.54, 1.807) is 13.8 Å². The number of carbonyl (C=O) groups is 3. The average molecular weight is 521 g/mol. The minimum absolute atomic E-state index is 0.00698. The molecule has 0 saturated heterocycles. The lowest BCUT2D eigenvalue weighted by Crippen LogP contribution is -2.41. The van der Waals surface area contributed by atoms with Crippen molar-refractivity contribution in [2.45, 2.75) is 39.7 Å². The molecule has 0 saturated carbocycles. The number of ketones is 3. The van der Waals surface area contributed by atoms with Gasteiger partial charge in [-0.05, 0) is 51.3 Å². The van der Waals surface area contributed by atoms with Crippen LogP contribution in [0.25, 0.3) is 10.9 Å². The Morgan fingerprint density at radius 2 is 1.89 bits per heavy atom. The third-order valence-electron chi connectivity index (χ3n) is 7.24. The molecule has 3 aromatic rings. The van der Waals surface area contributed by atoms with Gasteiger partial charge in [0.2, 0.25) is 0 Å². The predicted octanol–water partition coefficient (Wildman–Crippen LogP) is 4.47. The molecular weight excluding hydrogens is 496 g/mol. The van der Waals surface area contributed by atoms with Crippen LogP contribution in [0.15, 0.2) is 53.6 Å². The lowest BCUT2D eigenvalue weighted by Gasteiger charge is -2.29. The topological polar surface area (TPSA) is 118 Å². The molecule has 1 aliphatic carbocycles. The van der Waals surface area contributed by atoms with Gasteiger partial charge in [0, 0.05) is 47.2 Å². The van der Waals surface area contributed by atoms with Crippen molar-refractivity contribution in [2.75, 3.05) is 6.54 Å². The number of phenolic OH excluding ortho intramolecular Hbond substituents is 2. The number of benzene rings is 2. The zero-order valence-corrected chi connectivity index (χ0v) is 21.5. The number of hydrogen-bond acceptors (Lipinski definition) is 7. The fraction of sp³-hybridized carbons (Fsp3) is 0.250. The Kier molecular flexibility index (Phi) is 5.68. The summed E-state index contributed by atoms with van der Waals surface area (Å²) in [4.78, 5) is 39.2. The summed E-state index contributed by atoms with van der Waals surface area (Å²) in [7, 11) is 0. The second-order valence-corrected chi connectivity index (χ2v) is 9.96. The van der Waals surface area contributed by atoms with Crippen molar-refractivity contribution in [3.8, 4) is 17.2 Å². The largest absolute Gasteiger partial charge is 0.507 e. The van der Waals surface area contributed by atoms with E-state index in [2.05, 4.69) is 5.32 Å². The van der Waals surface area contributed by atoms with Crippen LogP contribution < -0.4 is 10.1 Å². The van der Waals surface area contributed by atoms with Crippen LogP contribution in [0.3, 0.4) is 0 Å². The Labute approximate surface area is 217 Å². The SMILES string of the molecule is CC(=O)c1c(O)c(C)c(O)c2c1OC1=CC(=O)C(=C(C)NCCn3ccc4ccc(Cl)cc43)C(=O)C12C. The maximum absolute atomic E-state index is 13.9. The molecule has 9 heteroatoms. The van der Waals surface area contributed by atoms with Crippen LogP contribution in [0.4, 0.5) is 0 Å². The second kappa shape index (κ2) is 8.52. The van der Waals surface area contributed by atoms with Crippen molar-refractivity contribution < 1.29 is 29.3 Å². The molecule has 0 bridgehead atoms. The van der Waals surface area contributed by atoms with Crippen molar-refractivity contribution in [3.63, 3.8) is 0 Å². The first-order valence-electron chi connectivity index (χ1n) is 11.7. The smallest absolute Gasteiger partial charge is 0.194 e. The quantitative estimate of drug-likeness (QED) is 0.258. The van der Waals surface area contributed by atoms with Gasteiger partial charge in [0.15, 0.2) is 17.3 Å². The van der Waals surface area contributed by atoms with Crippen LogP contribution in [-0.2, 0) is 21.5 Å². The van der Waals surface area contributed by atoms with Gasteiger partial charge in [-0.1, -0.05) is 17.7 Å². The fourth-order valence-corrected chi connectivity index (χ4v) is 5.33. The standard InChI is InChI=1S/C28H25ClN2O6/c1-13-24(34)22(15(3)32)26-23(25(13)35)28(4)20(37-26)12-19(33)21(27(28)36)14(2)30-8-10-31-9-7-16-5-6-17(29)11-18(16)31/h5-7,9,11-12,30,34-35H,8,10H2,1-4H3. The first-order valence-corrected chi connectivity index (χ1v) is 12.1. The molecule has 0 fully saturated rings. The summed E-state index contributed by atoms with van der Waals surface area (Å²) in [6.07, 6.45) is 3.15. The summed E-state index contributed by atoms with van der Waals surface area (Å²) in [5, 5.41) is 26.3. The maximum atomic E-state index is 13.9. The van der Waals surface area contributed by atoms with Gasteiger partial charge < -0.3 is 24.8 Å². The van der Waals surface area contributed by atoms with Crippen molar-refractivity contribution in [1.29, 1.82) is 0 Å². The number of phenols is 2. The number of Topliss-reactive ketones (excluding diaryl/α,β-unsaturated/α-hetero) is 2. The number of fused-ring (bicyclic) bond motifs is 4. The Morgan fingerprint density at radius 1 is 1.16 bits per heavy atom. The van der Waals surface area contributed by atoms with Gasteiger partial charge in [-0.2, -0.15) is 0 Å². The summed E-state index contributed by atoms with van der Waals surface area (Å²) in [5.41, 5.74) is -0.256. The molecule has 5 rings (SSSR count). The van der Waals surface area contributed by atoms with Crippen molar-refractivity contribution in [3.05, 3.63) is 75.3 Å². The van der Waals surface area contributed by atoms with Crippen LogP contribution in [0.2, 0.25) is 5.02 Å². The van der Waals surface area contributed by atoms with E-state index >= 15 is 0 Å². The molecule has 3 N–H and O–H groups in total. The van der Waals surface area contributed by atoms with Crippen molar-refractivity contribution in [2.24, 2.45) is 0 Å². The Balaban J connectivity index is 1.50. The fourth-order valence-electron chi connectivity index (χ4n) is 5.17. The number of aromatic hydroxyl groups is 2. The molecule has 0 amide bonds. The molecule has 1 unspecified atom stereocenters. The first-order chi connectivity index (χ1) is 17.5. The monoisotopic (exact) mass is 520 g/mol. The Hall–Kier alpha value is -4.04. The number of aromatic nitrogens is 1. The third kappa shape index (κ3) is 3.54. The highest BCUT2D eigenvalue weighted by molar-refractivity contribution is 6.31. The number of allylic oxidation sites excluding steroid dienone is 4. The van der Waals surface area contributed by atoms with E-state index in [9.17, 15) is 24.6 Å². The highest BCUT2D eigenvalue weighted by Crippen LogP contribution is 2.57. The normalized spacial score (nSPS) is 19.9. The molecule has 1 atom stereocenters. The van der Waals surface area contributed by atoms with Crippen LogP contribution in [0.1, 0.15) is 42.3 Å². The van der Waals surface area contributed by atoms with Gasteiger partial charge in [-0.25, -0.2) is 0 Å². The maximum Gasteiger partial charge on any atom is 0.194 e. The Morgan fingerprint density at radius 3 is 2.59 bits per heavy atom. The van der Waals surface area contributed by atoms with E-state index in [1.165, 1.54) is 19.9 Å². The molecule has 2 heterocycles. The van der Waals surface area contributed by atoms with Crippen molar-refractivity contribution in [1.82, 2.24) is 9.88 Å². The molecular formula is C28H25ClN2O6. The van der Waals surface area contributed by atoms with E-state index in [4.69, 9.17) is 16.3 Å². The zero-order valence-electron chi connectivity index (χ0n) is 20.7. The summed E-state index contributed by atoms with van der Waals surface area (Å²) < 4.78 is 7.82. The van der Waals surface area contributed by atoms with Gasteiger partial charge in [0.25, 0.3) is 0 Å². The number of nitrogens with one attached hydrogen (secondary N) is 1. The Bertz CT molecular complexity index is 1610. The minimum atomic E-state index is -1.54. The van der Waals surface area contributed by atoms with E-state index < -0.39 is 28.5 Å².